The van der Waals surface area contributed by atoms with Crippen LogP contribution in [0.2, 0.25) is 0 Å². The van der Waals surface area contributed by atoms with Crippen molar-refractivity contribution in [3.63, 3.8) is 0 Å². The minimum absolute atomic E-state index is 0.0710. The van der Waals surface area contributed by atoms with Gasteiger partial charge in [0.2, 0.25) is 5.95 Å². The topological polar surface area (TPSA) is 123 Å². The summed E-state index contributed by atoms with van der Waals surface area (Å²) in [5.74, 6) is 1.42. The van der Waals surface area contributed by atoms with Crippen LogP contribution in [-0.2, 0) is 0 Å². The van der Waals surface area contributed by atoms with Crippen molar-refractivity contribution < 1.29 is 20.4 Å². The van der Waals surface area contributed by atoms with Gasteiger partial charge in [-0.25, -0.2) is 4.98 Å². The highest BCUT2D eigenvalue weighted by atomic mass is 16.3. The molecular weight excluding hydrogens is 468 g/mol. The number of hydrogen-bond acceptors (Lipinski definition) is 8. The van der Waals surface area contributed by atoms with Crippen molar-refractivity contribution in [3.8, 4) is 45.8 Å². The summed E-state index contributed by atoms with van der Waals surface area (Å²) in [5, 5.41) is 40.6. The highest BCUT2D eigenvalue weighted by Gasteiger charge is 2.21. The first kappa shape index (κ1) is 28.0. The van der Waals surface area contributed by atoms with Gasteiger partial charge < -0.3 is 25.3 Å². The largest absolute Gasteiger partial charge is 0.508 e. The Morgan fingerprint density at radius 2 is 1.22 bits per heavy atom. The van der Waals surface area contributed by atoms with E-state index in [4.69, 9.17) is 9.97 Å². The number of aromatic nitrogens is 3. The molecule has 3 rings (SSSR count). The summed E-state index contributed by atoms with van der Waals surface area (Å²) in [7, 11) is 0. The van der Waals surface area contributed by atoms with Gasteiger partial charge in [-0.1, -0.05) is 41.5 Å². The van der Waals surface area contributed by atoms with E-state index in [-0.39, 0.29) is 40.1 Å². The Bertz CT molecular complexity index is 1140. The van der Waals surface area contributed by atoms with Gasteiger partial charge in [-0.2, -0.15) is 9.97 Å². The average Bonchev–Trinajstić information content (AvgIpc) is 2.77. The molecule has 0 radical (unpaired) electrons. The number of anilines is 1. The van der Waals surface area contributed by atoms with E-state index in [2.05, 4.69) is 51.4 Å². The summed E-state index contributed by atoms with van der Waals surface area (Å²) < 4.78 is 0. The minimum Gasteiger partial charge on any atom is -0.508 e. The van der Waals surface area contributed by atoms with Crippen LogP contribution < -0.4 is 4.90 Å². The van der Waals surface area contributed by atoms with E-state index in [1.165, 1.54) is 24.3 Å². The highest BCUT2D eigenvalue weighted by molar-refractivity contribution is 5.71. The number of hydrogen-bond donors (Lipinski definition) is 4. The molecule has 2 aromatic carbocycles. The maximum atomic E-state index is 10.5. The van der Waals surface area contributed by atoms with E-state index in [1.54, 1.807) is 12.1 Å². The molecule has 1 atom stereocenters. The second kappa shape index (κ2) is 11.7. The van der Waals surface area contributed by atoms with Crippen molar-refractivity contribution in [2.24, 2.45) is 17.3 Å². The zero-order chi connectivity index (χ0) is 27.3. The van der Waals surface area contributed by atoms with E-state index < -0.39 is 0 Å². The van der Waals surface area contributed by atoms with Crippen LogP contribution in [0.3, 0.4) is 0 Å². The van der Waals surface area contributed by atoms with Gasteiger partial charge in [-0.15, -0.1) is 0 Å². The number of aromatic hydroxyl groups is 4. The van der Waals surface area contributed by atoms with Crippen LogP contribution in [0.4, 0.5) is 5.95 Å². The molecule has 1 unspecified atom stereocenters. The molecule has 0 bridgehead atoms. The Balaban J connectivity index is 2.09. The summed E-state index contributed by atoms with van der Waals surface area (Å²) in [6.45, 7) is 14.8. The van der Waals surface area contributed by atoms with Gasteiger partial charge in [0.05, 0.1) is 11.1 Å². The standard InChI is InChI=1S/C29H40N4O4/c1-18(2)11-13-33(14-12-19(3)17-29(4,5)6)28-31-26(22-9-7-20(34)15-24(22)36)30-27(32-28)23-10-8-21(35)16-25(23)37/h7-10,15-16,18-19,34-37H,11-14,17H2,1-6H3. The third-order valence-electron chi connectivity index (χ3n) is 6.18. The summed E-state index contributed by atoms with van der Waals surface area (Å²) in [6, 6.07) is 8.49. The smallest absolute Gasteiger partial charge is 0.229 e. The predicted molar refractivity (Wildman–Crippen MR) is 147 cm³/mol. The molecule has 1 heterocycles. The Morgan fingerprint density at radius 1 is 0.730 bits per heavy atom. The van der Waals surface area contributed by atoms with Crippen LogP contribution in [0.1, 0.15) is 60.8 Å². The third-order valence-corrected chi connectivity index (χ3v) is 6.18. The molecule has 8 heteroatoms. The molecule has 0 spiro atoms. The highest BCUT2D eigenvalue weighted by Crippen LogP contribution is 2.35. The van der Waals surface area contributed by atoms with E-state index in [1.807, 2.05) is 0 Å². The lowest BCUT2D eigenvalue weighted by Crippen LogP contribution is -2.30. The molecule has 8 nitrogen and oxygen atoms in total. The van der Waals surface area contributed by atoms with E-state index in [9.17, 15) is 20.4 Å². The van der Waals surface area contributed by atoms with Gasteiger partial charge in [-0.05, 0) is 60.8 Å². The molecule has 37 heavy (non-hydrogen) atoms. The molecule has 0 saturated carbocycles. The van der Waals surface area contributed by atoms with Crippen LogP contribution >= 0.6 is 0 Å². The number of rotatable bonds is 10. The zero-order valence-electron chi connectivity index (χ0n) is 22.7. The maximum absolute atomic E-state index is 10.5. The van der Waals surface area contributed by atoms with E-state index in [0.29, 0.717) is 28.9 Å². The van der Waals surface area contributed by atoms with Crippen LogP contribution in [0.25, 0.3) is 22.8 Å². The normalized spacial score (nSPS) is 12.6. The van der Waals surface area contributed by atoms with Crippen LogP contribution in [0, 0.1) is 17.3 Å². The molecule has 3 aromatic rings. The Labute approximate surface area is 219 Å². The first-order chi connectivity index (χ1) is 17.3. The van der Waals surface area contributed by atoms with Crippen molar-refractivity contribution in [1.82, 2.24) is 15.0 Å². The predicted octanol–water partition coefficient (Wildman–Crippen LogP) is 6.34. The zero-order valence-corrected chi connectivity index (χ0v) is 22.7. The first-order valence-electron chi connectivity index (χ1n) is 12.9. The van der Waals surface area contributed by atoms with Crippen LogP contribution in [-0.4, -0.2) is 48.5 Å². The molecule has 0 saturated heterocycles. The molecule has 1 aromatic heterocycles. The molecule has 0 amide bonds. The van der Waals surface area contributed by atoms with Crippen molar-refractivity contribution in [2.75, 3.05) is 18.0 Å². The van der Waals surface area contributed by atoms with Crippen molar-refractivity contribution >= 4 is 5.95 Å². The summed E-state index contributed by atoms with van der Waals surface area (Å²) in [4.78, 5) is 16.1. The van der Waals surface area contributed by atoms with E-state index in [0.717, 1.165) is 32.4 Å². The lowest BCUT2D eigenvalue weighted by molar-refractivity contribution is 0.297. The van der Waals surface area contributed by atoms with Gasteiger partial charge in [0, 0.05) is 25.2 Å². The average molecular weight is 509 g/mol. The number of benzene rings is 2. The molecular formula is C29H40N4O4. The Kier molecular flexibility index (Phi) is 8.84. The Hall–Kier alpha value is -3.55. The fraction of sp³-hybridized carbons (Fsp3) is 0.483. The summed E-state index contributed by atoms with van der Waals surface area (Å²) in [5.41, 5.74) is 0.916. The van der Waals surface area contributed by atoms with Gasteiger partial charge in [0.25, 0.3) is 0 Å². The van der Waals surface area contributed by atoms with E-state index >= 15 is 0 Å². The molecule has 0 aliphatic rings. The van der Waals surface area contributed by atoms with Crippen molar-refractivity contribution in [2.45, 2.75) is 60.8 Å². The maximum Gasteiger partial charge on any atom is 0.229 e. The van der Waals surface area contributed by atoms with Gasteiger partial charge in [0.1, 0.15) is 23.0 Å². The number of phenolic OH excluding ortho intramolecular Hbond substituents is 4. The fourth-order valence-corrected chi connectivity index (χ4v) is 4.41. The fourth-order valence-electron chi connectivity index (χ4n) is 4.41. The van der Waals surface area contributed by atoms with Crippen LogP contribution in [0.15, 0.2) is 36.4 Å². The van der Waals surface area contributed by atoms with Gasteiger partial charge >= 0.3 is 0 Å². The molecule has 200 valence electrons. The lowest BCUT2D eigenvalue weighted by Gasteiger charge is -2.28. The van der Waals surface area contributed by atoms with Crippen LogP contribution in [0.5, 0.6) is 23.0 Å². The number of phenols is 4. The summed E-state index contributed by atoms with van der Waals surface area (Å²) in [6.07, 6.45) is 3.00. The van der Waals surface area contributed by atoms with Gasteiger partial charge in [0.15, 0.2) is 11.6 Å². The minimum atomic E-state index is -0.162. The quantitative estimate of drug-likeness (QED) is 0.250. The second-order valence-corrected chi connectivity index (χ2v) is 11.5. The summed E-state index contributed by atoms with van der Waals surface area (Å²) >= 11 is 0. The SMILES string of the molecule is CC(C)CCN(CCC(C)CC(C)(C)C)c1nc(-c2ccc(O)cc2O)nc(-c2ccc(O)cc2O)n1. The molecule has 0 aliphatic carbocycles. The molecule has 0 fully saturated rings. The monoisotopic (exact) mass is 508 g/mol. The molecule has 0 aliphatic heterocycles. The first-order valence-corrected chi connectivity index (χ1v) is 12.9. The third kappa shape index (κ3) is 7.97. The van der Waals surface area contributed by atoms with Crippen molar-refractivity contribution in [3.05, 3.63) is 36.4 Å². The lowest BCUT2D eigenvalue weighted by atomic mass is 9.84. The number of nitrogens with zero attached hydrogens (tertiary/aromatic N) is 4. The molecule has 4 N–H and O–H groups in total. The second-order valence-electron chi connectivity index (χ2n) is 11.5. The Morgan fingerprint density at radius 3 is 1.65 bits per heavy atom. The van der Waals surface area contributed by atoms with Crippen molar-refractivity contribution in [1.29, 1.82) is 0 Å². The van der Waals surface area contributed by atoms with Gasteiger partial charge in [-0.3, -0.25) is 0 Å².